The maximum Gasteiger partial charge on any atom is 0.275 e. The van der Waals surface area contributed by atoms with Gasteiger partial charge in [-0.1, -0.05) is 6.07 Å². The minimum Gasteiger partial charge on any atom is -0.305 e. The number of rotatable bonds is 2. The first-order chi connectivity index (χ1) is 8.15. The molecule has 2 heterocycles. The normalized spacial score (nSPS) is 10.0. The highest BCUT2D eigenvalue weighted by atomic mass is 79.9. The van der Waals surface area contributed by atoms with Gasteiger partial charge in [-0.05, 0) is 34.1 Å². The molecule has 2 aromatic rings. The fourth-order valence-electron chi connectivity index (χ4n) is 1.19. The average molecular weight is 296 g/mol. The highest BCUT2D eigenvalue weighted by Gasteiger charge is 2.09. The van der Waals surface area contributed by atoms with Crippen LogP contribution in [0.25, 0.3) is 0 Å². The smallest absolute Gasteiger partial charge is 0.275 e. The van der Waals surface area contributed by atoms with Crippen molar-refractivity contribution in [2.75, 3.05) is 5.32 Å². The SMILES string of the molecule is O=C(Nc1cccc(Br)n1)c1cc(F)ccn1. The molecule has 0 aromatic carbocycles. The lowest BCUT2D eigenvalue weighted by Gasteiger charge is -2.03. The van der Waals surface area contributed by atoms with Gasteiger partial charge in [0, 0.05) is 12.3 Å². The second kappa shape index (κ2) is 5.01. The summed E-state index contributed by atoms with van der Waals surface area (Å²) < 4.78 is 13.5. The van der Waals surface area contributed by atoms with Crippen LogP contribution in [0.2, 0.25) is 0 Å². The number of pyridine rings is 2. The van der Waals surface area contributed by atoms with Crippen LogP contribution in [-0.2, 0) is 0 Å². The highest BCUT2D eigenvalue weighted by molar-refractivity contribution is 9.10. The van der Waals surface area contributed by atoms with E-state index in [2.05, 4.69) is 31.2 Å². The van der Waals surface area contributed by atoms with Crippen molar-refractivity contribution < 1.29 is 9.18 Å². The van der Waals surface area contributed by atoms with Crippen LogP contribution in [0.4, 0.5) is 10.2 Å². The zero-order chi connectivity index (χ0) is 12.3. The van der Waals surface area contributed by atoms with Gasteiger partial charge >= 0.3 is 0 Å². The molecule has 2 rings (SSSR count). The Bertz CT molecular complexity index is 562. The minimum absolute atomic E-state index is 0.00627. The van der Waals surface area contributed by atoms with Gasteiger partial charge in [-0.3, -0.25) is 9.78 Å². The average Bonchev–Trinajstić information content (AvgIpc) is 2.29. The summed E-state index contributed by atoms with van der Waals surface area (Å²) in [6.07, 6.45) is 1.23. The van der Waals surface area contributed by atoms with Gasteiger partial charge in [-0.25, -0.2) is 9.37 Å². The second-order valence-corrected chi connectivity index (χ2v) is 3.97. The first-order valence-electron chi connectivity index (χ1n) is 4.70. The molecule has 2 aromatic heterocycles. The summed E-state index contributed by atoms with van der Waals surface area (Å²) in [5, 5.41) is 2.52. The van der Waals surface area contributed by atoms with Crippen molar-refractivity contribution in [2.24, 2.45) is 0 Å². The van der Waals surface area contributed by atoms with E-state index >= 15 is 0 Å². The largest absolute Gasteiger partial charge is 0.305 e. The maximum atomic E-state index is 12.9. The van der Waals surface area contributed by atoms with Crippen molar-refractivity contribution in [2.45, 2.75) is 0 Å². The lowest BCUT2D eigenvalue weighted by molar-refractivity contribution is 0.102. The predicted octanol–water partition coefficient (Wildman–Crippen LogP) is 2.63. The topological polar surface area (TPSA) is 54.9 Å². The second-order valence-electron chi connectivity index (χ2n) is 3.16. The van der Waals surface area contributed by atoms with Gasteiger partial charge in [0.2, 0.25) is 0 Å². The van der Waals surface area contributed by atoms with E-state index in [0.717, 1.165) is 6.07 Å². The molecule has 0 aliphatic heterocycles. The summed E-state index contributed by atoms with van der Waals surface area (Å²) in [6.45, 7) is 0. The Morgan fingerprint density at radius 2 is 2.18 bits per heavy atom. The maximum absolute atomic E-state index is 12.9. The van der Waals surface area contributed by atoms with Gasteiger partial charge in [0.1, 0.15) is 21.9 Å². The number of halogens is 2. The van der Waals surface area contributed by atoms with Crippen LogP contribution < -0.4 is 5.32 Å². The quantitative estimate of drug-likeness (QED) is 0.867. The molecule has 4 nitrogen and oxygen atoms in total. The molecule has 1 N–H and O–H groups in total. The lowest BCUT2D eigenvalue weighted by Crippen LogP contribution is -2.14. The van der Waals surface area contributed by atoms with Crippen molar-refractivity contribution in [3.8, 4) is 0 Å². The minimum atomic E-state index is -0.507. The number of hydrogen-bond acceptors (Lipinski definition) is 3. The van der Waals surface area contributed by atoms with Crippen LogP contribution in [0.3, 0.4) is 0 Å². The van der Waals surface area contributed by atoms with Gasteiger partial charge in [0.25, 0.3) is 5.91 Å². The number of carbonyl (C=O) groups is 1. The Labute approximate surface area is 105 Å². The summed E-state index contributed by atoms with van der Waals surface area (Å²) in [4.78, 5) is 19.5. The summed E-state index contributed by atoms with van der Waals surface area (Å²) in [5.41, 5.74) is 0.00627. The number of amides is 1. The number of anilines is 1. The molecule has 17 heavy (non-hydrogen) atoms. The van der Waals surface area contributed by atoms with E-state index in [1.165, 1.54) is 12.3 Å². The van der Waals surface area contributed by atoms with E-state index in [-0.39, 0.29) is 5.69 Å². The molecule has 0 radical (unpaired) electrons. The summed E-state index contributed by atoms with van der Waals surface area (Å²) in [6, 6.07) is 7.32. The third kappa shape index (κ3) is 3.07. The molecule has 0 aliphatic carbocycles. The summed E-state index contributed by atoms with van der Waals surface area (Å²) in [7, 11) is 0. The van der Waals surface area contributed by atoms with Crippen LogP contribution >= 0.6 is 15.9 Å². The first-order valence-corrected chi connectivity index (χ1v) is 5.50. The van der Waals surface area contributed by atoms with Crippen LogP contribution in [0.15, 0.2) is 41.1 Å². The molecule has 1 amide bonds. The van der Waals surface area contributed by atoms with Crippen LogP contribution in [-0.4, -0.2) is 15.9 Å². The van der Waals surface area contributed by atoms with Gasteiger partial charge in [-0.15, -0.1) is 0 Å². The number of aromatic nitrogens is 2. The van der Waals surface area contributed by atoms with Gasteiger partial charge in [0.15, 0.2) is 0 Å². The van der Waals surface area contributed by atoms with Crippen molar-refractivity contribution >= 4 is 27.7 Å². The zero-order valence-electron chi connectivity index (χ0n) is 8.52. The van der Waals surface area contributed by atoms with Gasteiger partial charge < -0.3 is 5.32 Å². The summed E-state index contributed by atoms with van der Waals surface area (Å²) in [5.74, 6) is -0.641. The van der Waals surface area contributed by atoms with Crippen molar-refractivity contribution in [3.05, 3.63) is 52.6 Å². The van der Waals surface area contributed by atoms with E-state index in [1.807, 2.05) is 0 Å². The molecule has 0 unspecified atom stereocenters. The number of carbonyl (C=O) groups excluding carboxylic acids is 1. The molecule has 0 fully saturated rings. The van der Waals surface area contributed by atoms with E-state index < -0.39 is 11.7 Å². The molecule has 6 heteroatoms. The Balaban J connectivity index is 2.17. The third-order valence-electron chi connectivity index (χ3n) is 1.91. The first kappa shape index (κ1) is 11.7. The molecule has 0 aliphatic rings. The lowest BCUT2D eigenvalue weighted by atomic mass is 10.3. The van der Waals surface area contributed by atoms with Crippen LogP contribution in [0.5, 0.6) is 0 Å². The molecule has 0 saturated carbocycles. The molecule has 0 atom stereocenters. The monoisotopic (exact) mass is 295 g/mol. The van der Waals surface area contributed by atoms with Crippen molar-refractivity contribution in [3.63, 3.8) is 0 Å². The van der Waals surface area contributed by atoms with E-state index in [9.17, 15) is 9.18 Å². The standard InChI is InChI=1S/C11H7BrFN3O/c12-9-2-1-3-10(15-9)16-11(17)8-6-7(13)4-5-14-8/h1-6H,(H,15,16,17). The molecule has 0 saturated heterocycles. The molecule has 86 valence electrons. The molecule has 0 spiro atoms. The van der Waals surface area contributed by atoms with E-state index in [1.54, 1.807) is 18.2 Å². The Hall–Kier alpha value is -1.82. The highest BCUT2D eigenvalue weighted by Crippen LogP contribution is 2.11. The number of nitrogens with zero attached hydrogens (tertiary/aromatic N) is 2. The van der Waals surface area contributed by atoms with Crippen LogP contribution in [0, 0.1) is 5.82 Å². The Morgan fingerprint density at radius 3 is 2.88 bits per heavy atom. The van der Waals surface area contributed by atoms with Gasteiger partial charge in [-0.2, -0.15) is 0 Å². The fraction of sp³-hybridized carbons (Fsp3) is 0. The fourth-order valence-corrected chi connectivity index (χ4v) is 1.53. The number of nitrogens with one attached hydrogen (secondary N) is 1. The molecular weight excluding hydrogens is 289 g/mol. The van der Waals surface area contributed by atoms with E-state index in [4.69, 9.17) is 0 Å². The van der Waals surface area contributed by atoms with Crippen LogP contribution in [0.1, 0.15) is 10.5 Å². The number of hydrogen-bond donors (Lipinski definition) is 1. The third-order valence-corrected chi connectivity index (χ3v) is 2.35. The molecule has 0 bridgehead atoms. The Morgan fingerprint density at radius 1 is 1.35 bits per heavy atom. The van der Waals surface area contributed by atoms with Gasteiger partial charge in [0.05, 0.1) is 0 Å². The van der Waals surface area contributed by atoms with Crippen molar-refractivity contribution in [1.29, 1.82) is 0 Å². The predicted molar refractivity (Wildman–Crippen MR) is 64.1 cm³/mol. The Kier molecular flexibility index (Phi) is 3.43. The molecular formula is C11H7BrFN3O. The summed E-state index contributed by atoms with van der Waals surface area (Å²) >= 11 is 3.18. The van der Waals surface area contributed by atoms with Crippen molar-refractivity contribution in [1.82, 2.24) is 9.97 Å². The zero-order valence-corrected chi connectivity index (χ0v) is 10.1. The van der Waals surface area contributed by atoms with E-state index in [0.29, 0.717) is 10.4 Å².